The molecule has 0 unspecified atom stereocenters. The van der Waals surface area contributed by atoms with Crippen LogP contribution in [-0.2, 0) is 6.42 Å². The number of nitrogen functional groups attached to an aromatic ring is 1. The topological polar surface area (TPSA) is 59.1 Å². The van der Waals surface area contributed by atoms with Gasteiger partial charge in [0.25, 0.3) is 0 Å². The summed E-state index contributed by atoms with van der Waals surface area (Å²) < 4.78 is 6.54. The molecule has 4 heteroatoms. The molecule has 0 amide bonds. The predicted octanol–water partition coefficient (Wildman–Crippen LogP) is 4.48. The second-order valence-electron chi connectivity index (χ2n) is 4.55. The van der Waals surface area contributed by atoms with E-state index in [-0.39, 0.29) is 5.84 Å². The summed E-state index contributed by atoms with van der Waals surface area (Å²) in [5, 5.41) is 7.44. The molecular formula is C16H17BrN2O. The summed E-state index contributed by atoms with van der Waals surface area (Å²) in [4.78, 5) is 0. The van der Waals surface area contributed by atoms with E-state index >= 15 is 0 Å². The van der Waals surface area contributed by atoms with E-state index in [9.17, 15) is 0 Å². The van der Waals surface area contributed by atoms with Crippen molar-refractivity contribution in [2.45, 2.75) is 19.8 Å². The van der Waals surface area contributed by atoms with Crippen molar-refractivity contribution in [2.75, 3.05) is 0 Å². The van der Waals surface area contributed by atoms with Gasteiger partial charge in [0, 0.05) is 10.0 Å². The van der Waals surface area contributed by atoms with Crippen LogP contribution in [0.4, 0.5) is 0 Å². The predicted molar refractivity (Wildman–Crippen MR) is 85.7 cm³/mol. The van der Waals surface area contributed by atoms with E-state index < -0.39 is 0 Å². The second-order valence-corrected chi connectivity index (χ2v) is 5.41. The molecule has 0 aliphatic heterocycles. The molecule has 0 fully saturated rings. The Labute approximate surface area is 127 Å². The summed E-state index contributed by atoms with van der Waals surface area (Å²) in [6, 6.07) is 13.5. The number of ether oxygens (including phenoxy) is 1. The van der Waals surface area contributed by atoms with Gasteiger partial charge in [0.15, 0.2) is 0 Å². The quantitative estimate of drug-likeness (QED) is 0.626. The van der Waals surface area contributed by atoms with Crippen molar-refractivity contribution < 1.29 is 4.74 Å². The minimum Gasteiger partial charge on any atom is -0.457 e. The van der Waals surface area contributed by atoms with E-state index in [0.717, 1.165) is 23.1 Å². The first-order valence-electron chi connectivity index (χ1n) is 6.51. The molecule has 20 heavy (non-hydrogen) atoms. The summed E-state index contributed by atoms with van der Waals surface area (Å²) in [5.41, 5.74) is 7.45. The van der Waals surface area contributed by atoms with Crippen LogP contribution in [0.5, 0.6) is 11.5 Å². The van der Waals surface area contributed by atoms with E-state index in [4.69, 9.17) is 15.9 Å². The summed E-state index contributed by atoms with van der Waals surface area (Å²) in [5.74, 6) is 1.55. The molecule has 0 bridgehead atoms. The van der Waals surface area contributed by atoms with Gasteiger partial charge in [0.1, 0.15) is 17.3 Å². The molecule has 2 rings (SSSR count). The third-order valence-electron chi connectivity index (χ3n) is 2.93. The van der Waals surface area contributed by atoms with Gasteiger partial charge in [0.2, 0.25) is 0 Å². The van der Waals surface area contributed by atoms with Crippen LogP contribution in [0.25, 0.3) is 0 Å². The van der Waals surface area contributed by atoms with Crippen LogP contribution in [0, 0.1) is 5.41 Å². The van der Waals surface area contributed by atoms with Gasteiger partial charge in [-0.1, -0.05) is 25.5 Å². The van der Waals surface area contributed by atoms with Crippen molar-refractivity contribution in [3.63, 3.8) is 0 Å². The number of halogens is 1. The smallest absolute Gasteiger partial charge is 0.128 e. The number of hydrogen-bond acceptors (Lipinski definition) is 2. The number of nitrogens with one attached hydrogen (secondary N) is 1. The number of hydrogen-bond donors (Lipinski definition) is 2. The highest BCUT2D eigenvalue weighted by atomic mass is 79.9. The number of nitrogens with two attached hydrogens (primary N) is 1. The van der Waals surface area contributed by atoms with Crippen molar-refractivity contribution in [3.05, 3.63) is 58.1 Å². The second kappa shape index (κ2) is 6.57. The Hall–Kier alpha value is -1.81. The minimum atomic E-state index is 0.0346. The average Bonchev–Trinajstić information content (AvgIpc) is 2.41. The summed E-state index contributed by atoms with van der Waals surface area (Å²) in [6.07, 6.45) is 2.22. The Bertz CT molecular complexity index is 608. The van der Waals surface area contributed by atoms with Crippen LogP contribution in [0.3, 0.4) is 0 Å². The number of aryl methyl sites for hydroxylation is 1. The fraction of sp³-hybridized carbons (Fsp3) is 0.188. The maximum absolute atomic E-state index is 7.44. The molecule has 0 heterocycles. The summed E-state index contributed by atoms with van der Waals surface area (Å²) in [7, 11) is 0. The van der Waals surface area contributed by atoms with Crippen LogP contribution in [-0.4, -0.2) is 5.84 Å². The lowest BCUT2D eigenvalue weighted by atomic mass is 10.1. The van der Waals surface area contributed by atoms with Crippen LogP contribution >= 0.6 is 15.9 Å². The molecular weight excluding hydrogens is 316 g/mol. The average molecular weight is 333 g/mol. The SMILES string of the molecule is CCCc1ccc(Oc2ccc(C(=N)N)c(Br)c2)cc1. The molecule has 0 spiro atoms. The number of rotatable bonds is 5. The Kier molecular flexibility index (Phi) is 4.79. The number of amidine groups is 1. The van der Waals surface area contributed by atoms with Gasteiger partial charge >= 0.3 is 0 Å². The molecule has 0 aromatic heterocycles. The van der Waals surface area contributed by atoms with Crippen molar-refractivity contribution in [2.24, 2.45) is 5.73 Å². The molecule has 0 atom stereocenters. The Morgan fingerprint density at radius 1 is 1.15 bits per heavy atom. The standard InChI is InChI=1S/C16H17BrN2O/c1-2-3-11-4-6-12(7-5-11)20-13-8-9-14(16(18)19)15(17)10-13/h4-10H,2-3H2,1H3,(H3,18,19). The van der Waals surface area contributed by atoms with E-state index in [1.165, 1.54) is 5.56 Å². The monoisotopic (exact) mass is 332 g/mol. The fourth-order valence-corrected chi connectivity index (χ4v) is 2.50. The van der Waals surface area contributed by atoms with E-state index in [1.54, 1.807) is 12.1 Å². The molecule has 0 saturated carbocycles. The van der Waals surface area contributed by atoms with E-state index in [1.807, 2.05) is 18.2 Å². The van der Waals surface area contributed by atoms with Gasteiger partial charge in [0.05, 0.1) is 0 Å². The number of benzene rings is 2. The highest BCUT2D eigenvalue weighted by Gasteiger charge is 2.05. The highest BCUT2D eigenvalue weighted by Crippen LogP contribution is 2.27. The molecule has 104 valence electrons. The lowest BCUT2D eigenvalue weighted by Gasteiger charge is -2.09. The first-order valence-corrected chi connectivity index (χ1v) is 7.30. The molecule has 3 N–H and O–H groups in total. The minimum absolute atomic E-state index is 0.0346. The van der Waals surface area contributed by atoms with Crippen LogP contribution in [0.15, 0.2) is 46.9 Å². The third kappa shape index (κ3) is 3.61. The van der Waals surface area contributed by atoms with Gasteiger partial charge in [-0.3, -0.25) is 5.41 Å². The zero-order valence-corrected chi connectivity index (χ0v) is 12.9. The Balaban J connectivity index is 2.13. The van der Waals surface area contributed by atoms with E-state index in [0.29, 0.717) is 11.3 Å². The molecule has 3 nitrogen and oxygen atoms in total. The van der Waals surface area contributed by atoms with Gasteiger partial charge in [-0.15, -0.1) is 0 Å². The maximum atomic E-state index is 7.44. The van der Waals surface area contributed by atoms with Gasteiger partial charge in [-0.25, -0.2) is 0 Å². The maximum Gasteiger partial charge on any atom is 0.128 e. The summed E-state index contributed by atoms with van der Waals surface area (Å²) >= 11 is 3.39. The Morgan fingerprint density at radius 3 is 2.35 bits per heavy atom. The third-order valence-corrected chi connectivity index (χ3v) is 3.58. The Morgan fingerprint density at radius 2 is 1.80 bits per heavy atom. The first-order chi connectivity index (χ1) is 9.60. The molecule has 2 aromatic rings. The highest BCUT2D eigenvalue weighted by molar-refractivity contribution is 9.10. The molecule has 0 saturated heterocycles. The zero-order chi connectivity index (χ0) is 14.5. The van der Waals surface area contributed by atoms with Crippen molar-refractivity contribution in [1.29, 1.82) is 5.41 Å². The molecule has 0 aliphatic rings. The summed E-state index contributed by atoms with van der Waals surface area (Å²) in [6.45, 7) is 2.17. The van der Waals surface area contributed by atoms with Crippen LogP contribution in [0.2, 0.25) is 0 Å². The van der Waals surface area contributed by atoms with Crippen LogP contribution < -0.4 is 10.5 Å². The normalized spacial score (nSPS) is 10.3. The molecule has 0 radical (unpaired) electrons. The van der Waals surface area contributed by atoms with Crippen LogP contribution in [0.1, 0.15) is 24.5 Å². The van der Waals surface area contributed by atoms with Crippen molar-refractivity contribution in [3.8, 4) is 11.5 Å². The van der Waals surface area contributed by atoms with Gasteiger partial charge in [-0.05, 0) is 58.2 Å². The van der Waals surface area contributed by atoms with Crippen molar-refractivity contribution >= 4 is 21.8 Å². The molecule has 2 aromatic carbocycles. The first kappa shape index (κ1) is 14.6. The molecule has 0 aliphatic carbocycles. The fourth-order valence-electron chi connectivity index (χ4n) is 1.93. The lowest BCUT2D eigenvalue weighted by molar-refractivity contribution is 0.482. The van der Waals surface area contributed by atoms with E-state index in [2.05, 4.69) is 35.0 Å². The van der Waals surface area contributed by atoms with Crippen molar-refractivity contribution in [1.82, 2.24) is 0 Å². The lowest BCUT2D eigenvalue weighted by Crippen LogP contribution is -2.11. The largest absolute Gasteiger partial charge is 0.457 e. The van der Waals surface area contributed by atoms with Gasteiger partial charge < -0.3 is 10.5 Å². The zero-order valence-electron chi connectivity index (χ0n) is 11.3. The van der Waals surface area contributed by atoms with Gasteiger partial charge in [-0.2, -0.15) is 0 Å².